The van der Waals surface area contributed by atoms with Crippen molar-refractivity contribution in [3.63, 3.8) is 0 Å². The number of hydrogen-bond acceptors (Lipinski definition) is 0. The van der Waals surface area contributed by atoms with Crippen LogP contribution in [0.25, 0.3) is 0 Å². The normalized spacial score (nSPS) is 11.6. The van der Waals surface area contributed by atoms with Crippen LogP contribution in [0.5, 0.6) is 0 Å². The van der Waals surface area contributed by atoms with Gasteiger partial charge in [-0.25, -0.2) is 0 Å². The van der Waals surface area contributed by atoms with Gasteiger partial charge in [0, 0.05) is 0 Å². The van der Waals surface area contributed by atoms with Gasteiger partial charge in [0.2, 0.25) is 0 Å². The summed E-state index contributed by atoms with van der Waals surface area (Å²) >= 11 is -13.6. The standard InChI is InChI=1S/6C6F5.2Sn/c6*7-2-1-3(8)5(10)6(11)4(2)9;;. The van der Waals surface area contributed by atoms with E-state index >= 15 is 0 Å². The Morgan fingerprint density at radius 1 is 0.103 bits per heavy atom. The Morgan fingerprint density at radius 3 is 0.235 bits per heavy atom. The SMILES string of the molecule is Fc1c(F)c(F)[c]([Sn]([c]2c(F)c(F)c(F)c(F)c2F)[c]2c(F)c(F)c(F)c(F)c2F)c(F)c1F.Fc1c(F)c(F)[c]([Sn]([c]2c(F)c(F)c(F)c(F)c2F)[c]2c(F)c(F)c(F)c(F)c2F)c(F)c1F. The fourth-order valence-corrected chi connectivity index (χ4v) is 21.3. The summed E-state index contributed by atoms with van der Waals surface area (Å²) in [6.45, 7) is 0. The molecule has 0 unspecified atom stereocenters. The Balaban J connectivity index is 0.000000254. The van der Waals surface area contributed by atoms with Gasteiger partial charge >= 0.3 is 367 Å². The van der Waals surface area contributed by atoms with Gasteiger partial charge in [0.05, 0.1) is 0 Å². The average Bonchev–Trinajstić information content (AvgIpc) is 3.31. The Hall–Kier alpha value is -5.18. The van der Waals surface area contributed by atoms with Crippen LogP contribution in [0.4, 0.5) is 132 Å². The number of benzene rings is 6. The molecule has 0 bridgehead atoms. The zero-order chi connectivity index (χ0) is 51.9. The summed E-state index contributed by atoms with van der Waals surface area (Å²) < 4.78 is 403. The maximum absolute atomic E-state index is 14.4. The molecule has 0 spiro atoms. The first-order valence-electron chi connectivity index (χ1n) is 16.2. The van der Waals surface area contributed by atoms with Gasteiger partial charge < -0.3 is 0 Å². The Bertz CT molecular complexity index is 2440. The predicted octanol–water partition coefficient (Wildman–Crippen LogP) is 8.58. The molecule has 0 N–H and O–H groups in total. The van der Waals surface area contributed by atoms with Crippen LogP contribution in [0, 0.1) is 175 Å². The van der Waals surface area contributed by atoms with Gasteiger partial charge in [-0.3, -0.25) is 0 Å². The fraction of sp³-hybridized carbons (Fsp3) is 0. The van der Waals surface area contributed by atoms with Crippen LogP contribution in [0.15, 0.2) is 0 Å². The van der Waals surface area contributed by atoms with E-state index in [0.29, 0.717) is 0 Å². The molecule has 0 nitrogen and oxygen atoms in total. The van der Waals surface area contributed by atoms with Crippen LogP contribution in [-0.2, 0) is 0 Å². The van der Waals surface area contributed by atoms with Crippen molar-refractivity contribution in [3.8, 4) is 0 Å². The summed E-state index contributed by atoms with van der Waals surface area (Å²) in [5.74, 6) is -88.6. The minimum absolute atomic E-state index is 2.48. The molecule has 6 rings (SSSR count). The zero-order valence-electron chi connectivity index (χ0n) is 30.3. The molecule has 362 valence electrons. The van der Waals surface area contributed by atoms with E-state index in [1.807, 2.05) is 0 Å². The van der Waals surface area contributed by atoms with Crippen molar-refractivity contribution < 1.29 is 132 Å². The molecule has 0 fully saturated rings. The fourth-order valence-electron chi connectivity index (χ4n) is 5.70. The molecule has 6 aromatic carbocycles. The van der Waals surface area contributed by atoms with Crippen molar-refractivity contribution in [3.05, 3.63) is 175 Å². The molecule has 32 heteroatoms. The summed E-state index contributed by atoms with van der Waals surface area (Å²) in [7, 11) is 0. The first kappa shape index (κ1) is 53.8. The van der Waals surface area contributed by atoms with Gasteiger partial charge in [-0.1, -0.05) is 0 Å². The summed E-state index contributed by atoms with van der Waals surface area (Å²) in [6, 6.07) is 0. The molecule has 0 saturated heterocycles. The first-order valence-corrected chi connectivity index (χ1v) is 24.7. The molecular weight excluding hydrogens is 1240 g/mol. The molecule has 0 saturated carbocycles. The van der Waals surface area contributed by atoms with E-state index in [1.165, 1.54) is 0 Å². The van der Waals surface area contributed by atoms with Crippen LogP contribution >= 0.6 is 0 Å². The van der Waals surface area contributed by atoms with E-state index in [-0.39, 0.29) is 0 Å². The Morgan fingerprint density at radius 2 is 0.162 bits per heavy atom. The molecule has 0 aliphatic heterocycles. The summed E-state index contributed by atoms with van der Waals surface area (Å²) in [5.41, 5.74) is 0. The molecule has 0 heterocycles. The van der Waals surface area contributed by atoms with Crippen LogP contribution < -0.4 is 21.5 Å². The van der Waals surface area contributed by atoms with Crippen molar-refractivity contribution in [1.29, 1.82) is 0 Å². The molecule has 68 heavy (non-hydrogen) atoms. The topological polar surface area (TPSA) is 0 Å². The van der Waals surface area contributed by atoms with E-state index in [4.69, 9.17) is 0 Å². The zero-order valence-corrected chi connectivity index (χ0v) is 36.0. The molecule has 0 aliphatic rings. The van der Waals surface area contributed by atoms with E-state index in [9.17, 15) is 132 Å². The minimum atomic E-state index is -6.80. The third-order valence-corrected chi connectivity index (χ3v) is 24.8. The third-order valence-electron chi connectivity index (χ3n) is 8.76. The van der Waals surface area contributed by atoms with E-state index < -0.39 is 236 Å². The van der Waals surface area contributed by atoms with Gasteiger partial charge in [0.25, 0.3) is 0 Å². The molecule has 0 atom stereocenters. The third kappa shape index (κ3) is 8.21. The first-order chi connectivity index (χ1) is 31.3. The van der Waals surface area contributed by atoms with Gasteiger partial charge in [0.1, 0.15) is 0 Å². The summed E-state index contributed by atoms with van der Waals surface area (Å²) in [4.78, 5) is 0. The predicted molar refractivity (Wildman–Crippen MR) is 167 cm³/mol. The number of halogens is 30. The van der Waals surface area contributed by atoms with E-state index in [1.54, 1.807) is 0 Å². The van der Waals surface area contributed by atoms with E-state index in [2.05, 4.69) is 0 Å². The molecule has 0 aromatic heterocycles. The Kier molecular flexibility index (Phi) is 15.3. The van der Waals surface area contributed by atoms with Crippen molar-refractivity contribution in [2.75, 3.05) is 0 Å². The van der Waals surface area contributed by atoms with Crippen LogP contribution in [0.3, 0.4) is 0 Å². The van der Waals surface area contributed by atoms with Crippen LogP contribution in [-0.4, -0.2) is 39.5 Å². The van der Waals surface area contributed by atoms with Gasteiger partial charge in [0.15, 0.2) is 0 Å². The molecule has 0 amide bonds. The van der Waals surface area contributed by atoms with Crippen LogP contribution in [0.1, 0.15) is 0 Å². The Labute approximate surface area is 366 Å². The number of hydrogen-bond donors (Lipinski definition) is 0. The quantitative estimate of drug-likeness (QED) is 0.0680. The summed E-state index contributed by atoms with van der Waals surface area (Å²) in [5, 5.41) is 0. The van der Waals surface area contributed by atoms with Crippen molar-refractivity contribution in [2.45, 2.75) is 0 Å². The summed E-state index contributed by atoms with van der Waals surface area (Å²) in [6.07, 6.45) is 0. The molecule has 0 aliphatic carbocycles. The van der Waals surface area contributed by atoms with Gasteiger partial charge in [-0.05, 0) is 0 Å². The molecule has 6 aromatic rings. The number of rotatable bonds is 6. The molecule has 2 radical (unpaired) electrons. The van der Waals surface area contributed by atoms with Crippen molar-refractivity contribution in [2.24, 2.45) is 0 Å². The second-order valence-corrected chi connectivity index (χ2v) is 25.3. The monoisotopic (exact) mass is 1240 g/mol. The van der Waals surface area contributed by atoms with Crippen LogP contribution in [0.2, 0.25) is 0 Å². The maximum atomic E-state index is 14.4. The second kappa shape index (κ2) is 19.3. The van der Waals surface area contributed by atoms with Gasteiger partial charge in [-0.2, -0.15) is 0 Å². The molecular formula is C36F30Sn2. The van der Waals surface area contributed by atoms with Crippen molar-refractivity contribution >= 4 is 61.0 Å². The van der Waals surface area contributed by atoms with Gasteiger partial charge in [-0.15, -0.1) is 0 Å². The second-order valence-electron chi connectivity index (χ2n) is 12.4. The van der Waals surface area contributed by atoms with E-state index in [0.717, 1.165) is 0 Å². The average molecular weight is 1240 g/mol. The van der Waals surface area contributed by atoms with Crippen molar-refractivity contribution in [1.82, 2.24) is 0 Å².